The average molecular weight is 410 g/mol. The third kappa shape index (κ3) is 3.53. The van der Waals surface area contributed by atoms with Crippen LogP contribution in [0.2, 0.25) is 18.1 Å². The van der Waals surface area contributed by atoms with Gasteiger partial charge in [0.1, 0.15) is 12.1 Å². The molecule has 0 aliphatic carbocycles. The Morgan fingerprint density at radius 1 is 1.17 bits per heavy atom. The summed E-state index contributed by atoms with van der Waals surface area (Å²) in [7, 11) is -2.14. The highest BCUT2D eigenvalue weighted by atomic mass is 28.4. The summed E-state index contributed by atoms with van der Waals surface area (Å²) in [5, 5.41) is 0.0262. The van der Waals surface area contributed by atoms with Crippen molar-refractivity contribution >= 4 is 19.8 Å². The van der Waals surface area contributed by atoms with Crippen LogP contribution in [0, 0.1) is 12.8 Å². The van der Waals surface area contributed by atoms with Gasteiger partial charge in [0.2, 0.25) is 0 Å². The molecule has 0 bridgehead atoms. The van der Waals surface area contributed by atoms with Gasteiger partial charge in [0, 0.05) is 12.7 Å². The SMILES string of the molecule is Cc1cn2c(n1)C1=N[C@H](c3ccccc3)[C@@H](O[Si](C)(C)C(C)(C)C)C(=O)C1CC2. The van der Waals surface area contributed by atoms with Crippen molar-refractivity contribution in [2.24, 2.45) is 10.9 Å². The number of nitrogens with zero attached hydrogens (tertiary/aromatic N) is 3. The first kappa shape index (κ1) is 20.2. The zero-order valence-corrected chi connectivity index (χ0v) is 19.3. The lowest BCUT2D eigenvalue weighted by Gasteiger charge is -2.43. The molecule has 5 nitrogen and oxygen atoms in total. The molecule has 0 fully saturated rings. The summed E-state index contributed by atoms with van der Waals surface area (Å²) in [5.41, 5.74) is 2.82. The van der Waals surface area contributed by atoms with E-state index in [2.05, 4.69) is 43.4 Å². The van der Waals surface area contributed by atoms with E-state index in [1.165, 1.54) is 0 Å². The van der Waals surface area contributed by atoms with Crippen molar-refractivity contribution in [1.82, 2.24) is 9.55 Å². The van der Waals surface area contributed by atoms with Crippen molar-refractivity contribution in [3.05, 3.63) is 53.6 Å². The molecule has 2 aliphatic heterocycles. The van der Waals surface area contributed by atoms with Crippen LogP contribution in [-0.4, -0.2) is 35.5 Å². The zero-order chi connectivity index (χ0) is 21.0. The van der Waals surface area contributed by atoms with E-state index in [1.807, 2.05) is 43.5 Å². The highest BCUT2D eigenvalue weighted by Gasteiger charge is 2.49. The van der Waals surface area contributed by atoms with E-state index in [-0.39, 0.29) is 22.8 Å². The molecule has 3 atom stereocenters. The third-order valence-corrected chi connectivity index (χ3v) is 11.1. The summed E-state index contributed by atoms with van der Waals surface area (Å²) in [5.74, 6) is 0.790. The number of Topliss-reactive ketones (excluding diaryl/α,β-unsaturated/α-hetero) is 1. The summed E-state index contributed by atoms with van der Waals surface area (Å²) < 4.78 is 8.85. The van der Waals surface area contributed by atoms with Crippen molar-refractivity contribution < 1.29 is 9.22 Å². The van der Waals surface area contributed by atoms with Crippen LogP contribution in [0.25, 0.3) is 0 Å². The minimum atomic E-state index is -2.14. The van der Waals surface area contributed by atoms with Crippen LogP contribution >= 0.6 is 0 Å². The van der Waals surface area contributed by atoms with Crippen LogP contribution in [-0.2, 0) is 15.8 Å². The third-order valence-electron chi connectivity index (χ3n) is 6.67. The Morgan fingerprint density at radius 3 is 2.52 bits per heavy atom. The summed E-state index contributed by atoms with van der Waals surface area (Å²) in [6.45, 7) is 13.8. The van der Waals surface area contributed by atoms with Gasteiger partial charge in [-0.3, -0.25) is 9.79 Å². The lowest BCUT2D eigenvalue weighted by Crippen LogP contribution is -2.52. The van der Waals surface area contributed by atoms with Crippen molar-refractivity contribution in [1.29, 1.82) is 0 Å². The maximum absolute atomic E-state index is 13.7. The average Bonchev–Trinajstić information content (AvgIpc) is 3.04. The van der Waals surface area contributed by atoms with Gasteiger partial charge in [-0.25, -0.2) is 4.98 Å². The van der Waals surface area contributed by atoms with Crippen LogP contribution < -0.4 is 0 Å². The number of hydrogen-bond acceptors (Lipinski definition) is 4. The van der Waals surface area contributed by atoms with E-state index >= 15 is 0 Å². The Balaban J connectivity index is 1.82. The fourth-order valence-corrected chi connectivity index (χ4v) is 5.23. The molecule has 0 saturated carbocycles. The van der Waals surface area contributed by atoms with Gasteiger partial charge in [0.05, 0.1) is 17.3 Å². The summed E-state index contributed by atoms with van der Waals surface area (Å²) in [6.07, 6.45) is 2.28. The van der Waals surface area contributed by atoms with Gasteiger partial charge in [0.25, 0.3) is 0 Å². The number of aryl methyl sites for hydroxylation is 2. The van der Waals surface area contributed by atoms with Crippen molar-refractivity contribution in [3.8, 4) is 0 Å². The fraction of sp³-hybridized carbons (Fsp3) is 0.522. The maximum atomic E-state index is 13.7. The molecule has 0 N–H and O–H groups in total. The minimum Gasteiger partial charge on any atom is -0.404 e. The predicted octanol–water partition coefficient (Wildman–Crippen LogP) is 4.71. The lowest BCUT2D eigenvalue weighted by molar-refractivity contribution is -0.130. The molecular formula is C23H31N3O2Si. The normalized spacial score (nSPS) is 24.7. The Labute approximate surface area is 174 Å². The van der Waals surface area contributed by atoms with Gasteiger partial charge in [0.15, 0.2) is 19.9 Å². The molecule has 29 heavy (non-hydrogen) atoms. The quantitative estimate of drug-likeness (QED) is 0.690. The summed E-state index contributed by atoms with van der Waals surface area (Å²) >= 11 is 0. The number of imidazole rings is 1. The number of aliphatic imine (C=N–C) groups is 1. The van der Waals surface area contributed by atoms with Gasteiger partial charge in [-0.1, -0.05) is 51.1 Å². The van der Waals surface area contributed by atoms with Crippen LogP contribution in [0.1, 0.15) is 50.3 Å². The second kappa shape index (κ2) is 7.02. The van der Waals surface area contributed by atoms with Crippen molar-refractivity contribution in [2.45, 2.75) is 70.9 Å². The Hall–Kier alpha value is -2.05. The van der Waals surface area contributed by atoms with Crippen LogP contribution in [0.15, 0.2) is 41.5 Å². The lowest BCUT2D eigenvalue weighted by atomic mass is 9.82. The topological polar surface area (TPSA) is 56.5 Å². The number of carbonyl (C=O) groups excluding carboxylic acids is 1. The number of carbonyl (C=O) groups is 1. The van der Waals surface area contributed by atoms with Gasteiger partial charge < -0.3 is 8.99 Å². The number of aromatic nitrogens is 2. The first-order valence-electron chi connectivity index (χ1n) is 10.5. The molecule has 1 aromatic carbocycles. The first-order valence-corrected chi connectivity index (χ1v) is 13.4. The molecule has 0 saturated heterocycles. The van der Waals surface area contributed by atoms with Crippen molar-refractivity contribution in [3.63, 3.8) is 0 Å². The second-order valence-corrected chi connectivity index (χ2v) is 14.6. The highest BCUT2D eigenvalue weighted by Crippen LogP contribution is 2.42. The van der Waals surface area contributed by atoms with Gasteiger partial charge in [-0.05, 0) is 37.0 Å². The Kier molecular flexibility index (Phi) is 4.90. The van der Waals surface area contributed by atoms with E-state index in [0.29, 0.717) is 0 Å². The van der Waals surface area contributed by atoms with E-state index in [1.54, 1.807) is 0 Å². The van der Waals surface area contributed by atoms with Crippen LogP contribution in [0.5, 0.6) is 0 Å². The second-order valence-electron chi connectivity index (χ2n) is 9.81. The van der Waals surface area contributed by atoms with Gasteiger partial charge in [-0.15, -0.1) is 0 Å². The summed E-state index contributed by atoms with van der Waals surface area (Å²) in [6, 6.07) is 9.76. The standard InChI is InChI=1S/C23H31N3O2Si/c1-15-14-26-13-12-17-19(22(26)24-15)25-18(16-10-8-7-9-11-16)21(20(17)27)28-29(5,6)23(2,3)4/h7-11,14,17-18,21H,12-13H2,1-6H3/t17?,18-,21-/m1/s1. The van der Waals surface area contributed by atoms with Crippen molar-refractivity contribution in [2.75, 3.05) is 0 Å². The summed E-state index contributed by atoms with van der Waals surface area (Å²) in [4.78, 5) is 23.6. The molecule has 1 unspecified atom stereocenters. The largest absolute Gasteiger partial charge is 0.404 e. The zero-order valence-electron chi connectivity index (χ0n) is 18.3. The van der Waals surface area contributed by atoms with Crippen LogP contribution in [0.4, 0.5) is 0 Å². The molecule has 0 amide bonds. The minimum absolute atomic E-state index is 0.0262. The van der Waals surface area contributed by atoms with Gasteiger partial charge in [-0.2, -0.15) is 0 Å². The molecule has 154 valence electrons. The maximum Gasteiger partial charge on any atom is 0.193 e. The van der Waals surface area contributed by atoms with Crippen LogP contribution in [0.3, 0.4) is 0 Å². The van der Waals surface area contributed by atoms with Gasteiger partial charge >= 0.3 is 0 Å². The molecule has 1 aromatic heterocycles. The number of ketones is 1. The molecule has 3 heterocycles. The molecule has 0 radical (unpaired) electrons. The number of rotatable bonds is 3. The van der Waals surface area contributed by atoms with E-state index < -0.39 is 14.4 Å². The Morgan fingerprint density at radius 2 is 1.86 bits per heavy atom. The molecule has 2 aromatic rings. The fourth-order valence-electron chi connectivity index (χ4n) is 3.99. The molecule has 2 aliphatic rings. The molecule has 4 rings (SSSR count). The predicted molar refractivity (Wildman–Crippen MR) is 118 cm³/mol. The number of hydrogen-bond donors (Lipinski definition) is 0. The van der Waals surface area contributed by atoms with E-state index in [4.69, 9.17) is 9.42 Å². The van der Waals surface area contributed by atoms with E-state index in [9.17, 15) is 4.79 Å². The molecule has 6 heteroatoms. The number of benzene rings is 1. The highest BCUT2D eigenvalue weighted by molar-refractivity contribution is 6.74. The number of fused-ring (bicyclic) bond motifs is 3. The molecular weight excluding hydrogens is 378 g/mol. The van der Waals surface area contributed by atoms with E-state index in [0.717, 1.165) is 35.8 Å². The first-order chi connectivity index (χ1) is 13.6. The molecule has 0 spiro atoms. The Bertz CT molecular complexity index is 956. The monoisotopic (exact) mass is 409 g/mol. The smallest absolute Gasteiger partial charge is 0.193 e.